The van der Waals surface area contributed by atoms with E-state index in [1.54, 1.807) is 11.0 Å². The molecule has 0 bridgehead atoms. The van der Waals surface area contributed by atoms with Crippen molar-refractivity contribution in [2.75, 3.05) is 13.1 Å². The lowest BCUT2D eigenvalue weighted by atomic mass is 9.73. The van der Waals surface area contributed by atoms with Crippen molar-refractivity contribution in [1.82, 2.24) is 4.90 Å². The van der Waals surface area contributed by atoms with E-state index < -0.39 is 5.60 Å². The lowest BCUT2D eigenvalue weighted by Gasteiger charge is -2.40. The summed E-state index contributed by atoms with van der Waals surface area (Å²) in [5.74, 6) is -0.216. The molecule has 2 N–H and O–H groups in total. The average molecular weight is 320 g/mol. The van der Waals surface area contributed by atoms with Crippen molar-refractivity contribution in [3.8, 4) is 0 Å². The van der Waals surface area contributed by atoms with Crippen LogP contribution in [0.2, 0.25) is 0 Å². The summed E-state index contributed by atoms with van der Waals surface area (Å²) in [6.07, 6.45) is 2.16. The first kappa shape index (κ1) is 16.2. The number of ether oxygens (including phenoxy) is 1. The van der Waals surface area contributed by atoms with Gasteiger partial charge in [-0.25, -0.2) is 9.18 Å². The number of fused-ring (bicyclic) bond motifs is 2. The van der Waals surface area contributed by atoms with Crippen LogP contribution in [-0.4, -0.2) is 29.7 Å². The largest absolute Gasteiger partial charge is 0.444 e. The van der Waals surface area contributed by atoms with Crippen LogP contribution in [0.25, 0.3) is 0 Å². The zero-order chi connectivity index (χ0) is 16.8. The maximum Gasteiger partial charge on any atom is 0.410 e. The van der Waals surface area contributed by atoms with Gasteiger partial charge >= 0.3 is 6.09 Å². The van der Waals surface area contributed by atoms with Gasteiger partial charge in [-0.3, -0.25) is 0 Å². The highest BCUT2D eigenvalue weighted by Gasteiger charge is 2.45. The van der Waals surface area contributed by atoms with Gasteiger partial charge in [-0.2, -0.15) is 0 Å². The van der Waals surface area contributed by atoms with Gasteiger partial charge in [0.2, 0.25) is 0 Å². The Balaban J connectivity index is 1.75. The van der Waals surface area contributed by atoms with Crippen molar-refractivity contribution in [3.63, 3.8) is 0 Å². The standard InChI is InChI=1S/C18H25FN2O2/c1-17(2,3)23-16(22)21-8-6-18(7-9-21)11-15(20)13-5-4-12(19)10-14(13)18/h4-5,10,15H,6-9,11,20H2,1-3H3/t15-/m0/s1. The van der Waals surface area contributed by atoms with Crippen LogP contribution in [-0.2, 0) is 10.2 Å². The summed E-state index contributed by atoms with van der Waals surface area (Å²) in [7, 11) is 0. The van der Waals surface area contributed by atoms with Gasteiger partial charge in [-0.15, -0.1) is 0 Å². The monoisotopic (exact) mass is 320 g/mol. The van der Waals surface area contributed by atoms with Crippen molar-refractivity contribution in [3.05, 3.63) is 35.1 Å². The first-order chi connectivity index (χ1) is 10.7. The molecule has 1 heterocycles. The van der Waals surface area contributed by atoms with E-state index in [9.17, 15) is 9.18 Å². The molecular formula is C18H25FN2O2. The molecule has 1 saturated heterocycles. The Kier molecular flexibility index (Phi) is 3.87. The van der Waals surface area contributed by atoms with Crippen LogP contribution in [0.1, 0.15) is 57.2 Å². The van der Waals surface area contributed by atoms with Crippen molar-refractivity contribution >= 4 is 6.09 Å². The summed E-state index contributed by atoms with van der Waals surface area (Å²) < 4.78 is 19.1. The Morgan fingerprint density at radius 1 is 1.35 bits per heavy atom. The first-order valence-electron chi connectivity index (χ1n) is 8.24. The molecule has 5 heteroatoms. The quantitative estimate of drug-likeness (QED) is 0.796. The van der Waals surface area contributed by atoms with Gasteiger partial charge in [-0.05, 0) is 63.3 Å². The number of rotatable bonds is 0. The minimum atomic E-state index is -0.488. The molecule has 0 saturated carbocycles. The predicted molar refractivity (Wildman–Crippen MR) is 86.7 cm³/mol. The highest BCUT2D eigenvalue weighted by molar-refractivity contribution is 5.68. The fourth-order valence-corrected chi connectivity index (χ4v) is 3.87. The van der Waals surface area contributed by atoms with E-state index in [4.69, 9.17) is 10.5 Å². The molecule has 1 amide bonds. The van der Waals surface area contributed by atoms with E-state index >= 15 is 0 Å². The highest BCUT2D eigenvalue weighted by atomic mass is 19.1. The number of halogens is 1. The second-order valence-electron chi connectivity index (χ2n) is 7.79. The SMILES string of the molecule is CC(C)(C)OC(=O)N1CCC2(CC1)C[C@H](N)c1ccc(F)cc12. The molecular weight excluding hydrogens is 295 g/mol. The van der Waals surface area contributed by atoms with Gasteiger partial charge < -0.3 is 15.4 Å². The molecule has 1 aromatic carbocycles. The summed E-state index contributed by atoms with van der Waals surface area (Å²) in [5.41, 5.74) is 7.75. The molecule has 4 nitrogen and oxygen atoms in total. The number of nitrogens with two attached hydrogens (primary N) is 1. The number of amides is 1. The van der Waals surface area contributed by atoms with Crippen LogP contribution in [0.4, 0.5) is 9.18 Å². The number of nitrogens with zero attached hydrogens (tertiary/aromatic N) is 1. The van der Waals surface area contributed by atoms with Crippen LogP contribution < -0.4 is 5.73 Å². The van der Waals surface area contributed by atoms with Crippen LogP contribution >= 0.6 is 0 Å². The summed E-state index contributed by atoms with van der Waals surface area (Å²) in [5, 5.41) is 0. The lowest BCUT2D eigenvalue weighted by molar-refractivity contribution is 0.0162. The normalized spacial score (nSPS) is 23.0. The molecule has 3 rings (SSSR count). The minimum absolute atomic E-state index is 0.0429. The molecule has 1 spiro atoms. The second kappa shape index (κ2) is 5.48. The van der Waals surface area contributed by atoms with E-state index in [2.05, 4.69) is 0 Å². The Morgan fingerprint density at radius 3 is 2.61 bits per heavy atom. The maximum absolute atomic E-state index is 13.7. The number of likely N-dealkylation sites (tertiary alicyclic amines) is 1. The molecule has 1 fully saturated rings. The molecule has 126 valence electrons. The third-order valence-electron chi connectivity index (χ3n) is 4.97. The summed E-state index contributed by atoms with van der Waals surface area (Å²) >= 11 is 0. The van der Waals surface area contributed by atoms with Crippen LogP contribution in [0.5, 0.6) is 0 Å². The van der Waals surface area contributed by atoms with Gasteiger partial charge in [0.25, 0.3) is 0 Å². The zero-order valence-corrected chi connectivity index (χ0v) is 14.1. The van der Waals surface area contributed by atoms with E-state index in [0.717, 1.165) is 30.4 Å². The highest BCUT2D eigenvalue weighted by Crippen LogP contribution is 2.50. The third kappa shape index (κ3) is 3.07. The van der Waals surface area contributed by atoms with Gasteiger partial charge in [0.1, 0.15) is 11.4 Å². The topological polar surface area (TPSA) is 55.6 Å². The Hall–Kier alpha value is -1.62. The number of carbonyl (C=O) groups excluding carboxylic acids is 1. The van der Waals surface area contributed by atoms with E-state index in [-0.39, 0.29) is 23.4 Å². The fourth-order valence-electron chi connectivity index (χ4n) is 3.87. The summed E-state index contributed by atoms with van der Waals surface area (Å²) in [4.78, 5) is 13.9. The van der Waals surface area contributed by atoms with Crippen molar-refractivity contribution in [1.29, 1.82) is 0 Å². The smallest absolute Gasteiger partial charge is 0.410 e. The molecule has 1 aromatic rings. The van der Waals surface area contributed by atoms with Crippen molar-refractivity contribution in [2.24, 2.45) is 5.73 Å². The second-order valence-corrected chi connectivity index (χ2v) is 7.79. The van der Waals surface area contributed by atoms with Gasteiger partial charge in [0.05, 0.1) is 0 Å². The van der Waals surface area contributed by atoms with Crippen LogP contribution in [0.3, 0.4) is 0 Å². The Morgan fingerprint density at radius 2 is 2.00 bits per heavy atom. The van der Waals surface area contributed by atoms with Gasteiger partial charge in [0.15, 0.2) is 0 Å². The number of piperidine rings is 1. The van der Waals surface area contributed by atoms with Crippen LogP contribution in [0, 0.1) is 5.82 Å². The van der Waals surface area contributed by atoms with Crippen molar-refractivity contribution in [2.45, 2.75) is 57.1 Å². The Bertz CT molecular complexity index is 616. The predicted octanol–water partition coefficient (Wildman–Crippen LogP) is 3.50. The molecule has 0 radical (unpaired) electrons. The fraction of sp³-hybridized carbons (Fsp3) is 0.611. The molecule has 0 aromatic heterocycles. The number of hydrogen-bond donors (Lipinski definition) is 1. The number of hydrogen-bond acceptors (Lipinski definition) is 3. The maximum atomic E-state index is 13.7. The van der Waals surface area contributed by atoms with E-state index in [0.29, 0.717) is 13.1 Å². The molecule has 1 aliphatic heterocycles. The van der Waals surface area contributed by atoms with E-state index in [1.807, 2.05) is 26.8 Å². The average Bonchev–Trinajstić information content (AvgIpc) is 2.70. The molecule has 0 unspecified atom stereocenters. The summed E-state index contributed by atoms with van der Waals surface area (Å²) in [6, 6.07) is 4.88. The molecule has 23 heavy (non-hydrogen) atoms. The number of carbonyl (C=O) groups is 1. The summed E-state index contributed by atoms with van der Waals surface area (Å²) in [6.45, 7) is 6.84. The van der Waals surface area contributed by atoms with Crippen LogP contribution in [0.15, 0.2) is 18.2 Å². The van der Waals surface area contributed by atoms with E-state index in [1.165, 1.54) is 6.07 Å². The molecule has 1 aliphatic carbocycles. The molecule has 1 atom stereocenters. The van der Waals surface area contributed by atoms with Gasteiger partial charge in [0, 0.05) is 24.5 Å². The first-order valence-corrected chi connectivity index (χ1v) is 8.24. The van der Waals surface area contributed by atoms with Crippen molar-refractivity contribution < 1.29 is 13.9 Å². The van der Waals surface area contributed by atoms with Gasteiger partial charge in [-0.1, -0.05) is 6.07 Å². The Labute approximate surface area is 136 Å². The minimum Gasteiger partial charge on any atom is -0.444 e. The molecule has 2 aliphatic rings. The third-order valence-corrected chi connectivity index (χ3v) is 4.97. The zero-order valence-electron chi connectivity index (χ0n) is 14.1. The lowest BCUT2D eigenvalue weighted by Crippen LogP contribution is -2.46. The number of benzene rings is 1.